The lowest BCUT2D eigenvalue weighted by Gasteiger charge is -2.07. The summed E-state index contributed by atoms with van der Waals surface area (Å²) in [5, 5.41) is 24.0. The molecule has 1 aromatic carbocycles. The van der Waals surface area contributed by atoms with Gasteiger partial charge in [0.1, 0.15) is 11.3 Å². The molecule has 4 aromatic rings. The highest BCUT2D eigenvalue weighted by molar-refractivity contribution is 6.06. The number of aliphatic hydroxyl groups is 1. The molecule has 7 nitrogen and oxygen atoms in total. The van der Waals surface area contributed by atoms with Gasteiger partial charge in [0, 0.05) is 36.3 Å². The van der Waals surface area contributed by atoms with Gasteiger partial charge in [-0.2, -0.15) is 4.73 Å². The first-order valence-corrected chi connectivity index (χ1v) is 9.78. The highest BCUT2D eigenvalue weighted by Crippen LogP contribution is 2.28. The number of nitrogens with one attached hydrogen (secondary N) is 1. The van der Waals surface area contributed by atoms with Gasteiger partial charge in [-0.3, -0.25) is 4.79 Å². The van der Waals surface area contributed by atoms with Crippen molar-refractivity contribution in [3.05, 3.63) is 76.2 Å². The molecule has 3 aromatic heterocycles. The van der Waals surface area contributed by atoms with E-state index in [1.807, 2.05) is 10.8 Å². The number of rotatable bonds is 7. The molecular formula is C22H23FN4O3. The molecule has 0 aliphatic carbocycles. The van der Waals surface area contributed by atoms with Gasteiger partial charge < -0.3 is 20.2 Å². The number of hydrogen-bond acceptors (Lipinski definition) is 5. The standard InChI is InChI=1S/C22H23FN4O3/c1-14(28)6-8-24-10-16-13-26(12-15-2-4-17(23)5-3-15)19-11-25-21-18(20(16)19)7-9-27(30)22(21)29/h2-5,7,9,11,13-14,24,28,30H,6,8,10,12H2,1H3. The van der Waals surface area contributed by atoms with Gasteiger partial charge in [0.05, 0.1) is 17.8 Å². The van der Waals surface area contributed by atoms with E-state index in [1.54, 1.807) is 31.3 Å². The maximum Gasteiger partial charge on any atom is 0.309 e. The Bertz CT molecular complexity index is 1250. The van der Waals surface area contributed by atoms with Gasteiger partial charge in [-0.1, -0.05) is 12.1 Å². The zero-order chi connectivity index (χ0) is 21.3. The van der Waals surface area contributed by atoms with Crippen LogP contribution in [-0.2, 0) is 13.1 Å². The molecule has 0 saturated heterocycles. The third-order valence-corrected chi connectivity index (χ3v) is 5.15. The predicted octanol–water partition coefficient (Wildman–Crippen LogP) is 2.64. The summed E-state index contributed by atoms with van der Waals surface area (Å²) < 4.78 is 15.8. The molecule has 0 saturated carbocycles. The Kier molecular flexibility index (Phi) is 5.52. The van der Waals surface area contributed by atoms with Crippen molar-refractivity contribution in [3.8, 4) is 0 Å². The summed E-state index contributed by atoms with van der Waals surface area (Å²) in [6.45, 7) is 3.46. The van der Waals surface area contributed by atoms with Gasteiger partial charge in [0.15, 0.2) is 0 Å². The molecule has 4 rings (SSSR count). The van der Waals surface area contributed by atoms with Gasteiger partial charge >= 0.3 is 5.56 Å². The van der Waals surface area contributed by atoms with Crippen LogP contribution in [0.25, 0.3) is 21.8 Å². The van der Waals surface area contributed by atoms with Crippen LogP contribution < -0.4 is 10.9 Å². The average molecular weight is 410 g/mol. The third kappa shape index (κ3) is 3.92. The Morgan fingerprint density at radius 1 is 1.23 bits per heavy atom. The number of aliphatic hydroxyl groups excluding tert-OH is 1. The molecule has 30 heavy (non-hydrogen) atoms. The number of nitrogens with zero attached hydrogens (tertiary/aromatic N) is 3. The van der Waals surface area contributed by atoms with Crippen molar-refractivity contribution in [1.82, 2.24) is 19.6 Å². The normalized spacial score (nSPS) is 12.6. The third-order valence-electron chi connectivity index (χ3n) is 5.15. The SMILES string of the molecule is CC(O)CCNCc1cn(Cc2ccc(F)cc2)c2cnc3c(=O)n(O)ccc3c12. The highest BCUT2D eigenvalue weighted by Gasteiger charge is 2.15. The Labute approximate surface area is 172 Å². The first-order valence-electron chi connectivity index (χ1n) is 9.78. The van der Waals surface area contributed by atoms with E-state index in [0.29, 0.717) is 36.2 Å². The summed E-state index contributed by atoms with van der Waals surface area (Å²) in [7, 11) is 0. The second-order valence-corrected chi connectivity index (χ2v) is 7.47. The van der Waals surface area contributed by atoms with Crippen molar-refractivity contribution < 1.29 is 14.7 Å². The van der Waals surface area contributed by atoms with Crippen LogP contribution >= 0.6 is 0 Å². The number of fused-ring (bicyclic) bond motifs is 3. The topological polar surface area (TPSA) is 92.3 Å². The van der Waals surface area contributed by atoms with Gasteiger partial charge in [-0.05, 0) is 49.2 Å². The fourth-order valence-electron chi connectivity index (χ4n) is 3.63. The first-order chi connectivity index (χ1) is 14.4. The fourth-order valence-corrected chi connectivity index (χ4v) is 3.63. The molecule has 0 fully saturated rings. The van der Waals surface area contributed by atoms with E-state index >= 15 is 0 Å². The van der Waals surface area contributed by atoms with Crippen molar-refractivity contribution in [2.45, 2.75) is 32.5 Å². The van der Waals surface area contributed by atoms with Crippen LogP contribution in [0.5, 0.6) is 0 Å². The Morgan fingerprint density at radius 3 is 2.73 bits per heavy atom. The largest absolute Gasteiger partial charge is 0.425 e. The van der Waals surface area contributed by atoms with E-state index in [4.69, 9.17) is 0 Å². The molecule has 0 radical (unpaired) electrons. The summed E-state index contributed by atoms with van der Waals surface area (Å²) in [6.07, 6.45) is 5.18. The number of halogens is 1. The van der Waals surface area contributed by atoms with Crippen molar-refractivity contribution in [2.24, 2.45) is 0 Å². The van der Waals surface area contributed by atoms with Gasteiger partial charge in [0.25, 0.3) is 0 Å². The molecule has 3 heterocycles. The smallest absolute Gasteiger partial charge is 0.309 e. The molecule has 1 atom stereocenters. The van der Waals surface area contributed by atoms with Crippen LogP contribution in [0.2, 0.25) is 0 Å². The molecule has 1 unspecified atom stereocenters. The second kappa shape index (κ2) is 8.25. The average Bonchev–Trinajstić information content (AvgIpc) is 3.07. The van der Waals surface area contributed by atoms with Crippen LogP contribution in [0, 0.1) is 5.82 Å². The summed E-state index contributed by atoms with van der Waals surface area (Å²) >= 11 is 0. The van der Waals surface area contributed by atoms with E-state index in [1.165, 1.54) is 18.3 Å². The first kappa shape index (κ1) is 20.1. The molecular weight excluding hydrogens is 387 g/mol. The van der Waals surface area contributed by atoms with Crippen LogP contribution in [0.1, 0.15) is 24.5 Å². The fraction of sp³-hybridized carbons (Fsp3) is 0.273. The molecule has 0 aliphatic rings. The van der Waals surface area contributed by atoms with Crippen LogP contribution in [-0.4, -0.2) is 37.2 Å². The van der Waals surface area contributed by atoms with E-state index in [2.05, 4.69) is 10.3 Å². The lowest BCUT2D eigenvalue weighted by molar-refractivity contribution is 0.176. The zero-order valence-electron chi connectivity index (χ0n) is 16.5. The minimum Gasteiger partial charge on any atom is -0.425 e. The van der Waals surface area contributed by atoms with Crippen LogP contribution in [0.15, 0.2) is 53.7 Å². The summed E-state index contributed by atoms with van der Waals surface area (Å²) in [6, 6.07) is 8.00. The van der Waals surface area contributed by atoms with E-state index in [-0.39, 0.29) is 17.4 Å². The minimum atomic E-state index is -0.575. The predicted molar refractivity (Wildman–Crippen MR) is 112 cm³/mol. The molecule has 3 N–H and O–H groups in total. The zero-order valence-corrected chi connectivity index (χ0v) is 16.5. The molecule has 0 spiro atoms. The van der Waals surface area contributed by atoms with Crippen molar-refractivity contribution in [3.63, 3.8) is 0 Å². The van der Waals surface area contributed by atoms with Gasteiger partial charge in [-0.25, -0.2) is 9.37 Å². The molecule has 0 bridgehead atoms. The van der Waals surface area contributed by atoms with Gasteiger partial charge in [-0.15, -0.1) is 0 Å². The Balaban J connectivity index is 1.80. The highest BCUT2D eigenvalue weighted by atomic mass is 19.1. The molecule has 156 valence electrons. The van der Waals surface area contributed by atoms with E-state index in [0.717, 1.165) is 22.0 Å². The van der Waals surface area contributed by atoms with Crippen LogP contribution in [0.4, 0.5) is 4.39 Å². The lowest BCUT2D eigenvalue weighted by Crippen LogP contribution is -2.19. The monoisotopic (exact) mass is 410 g/mol. The Morgan fingerprint density at radius 2 is 2.00 bits per heavy atom. The number of hydrogen-bond donors (Lipinski definition) is 3. The maximum atomic E-state index is 13.3. The van der Waals surface area contributed by atoms with E-state index in [9.17, 15) is 19.5 Å². The Hall–Kier alpha value is -3.23. The number of pyridine rings is 2. The molecule has 0 amide bonds. The molecule has 8 heteroatoms. The van der Waals surface area contributed by atoms with Crippen molar-refractivity contribution in [2.75, 3.05) is 6.54 Å². The summed E-state index contributed by atoms with van der Waals surface area (Å²) in [4.78, 5) is 16.6. The van der Waals surface area contributed by atoms with Crippen LogP contribution in [0.3, 0.4) is 0 Å². The summed E-state index contributed by atoms with van der Waals surface area (Å²) in [5.41, 5.74) is 2.37. The second-order valence-electron chi connectivity index (χ2n) is 7.47. The van der Waals surface area contributed by atoms with Crippen molar-refractivity contribution in [1.29, 1.82) is 0 Å². The maximum absolute atomic E-state index is 13.3. The minimum absolute atomic E-state index is 0.192. The van der Waals surface area contributed by atoms with E-state index < -0.39 is 5.56 Å². The van der Waals surface area contributed by atoms with Crippen molar-refractivity contribution >= 4 is 21.8 Å². The lowest BCUT2D eigenvalue weighted by atomic mass is 10.1. The number of benzene rings is 1. The molecule has 0 aliphatic heterocycles. The summed E-state index contributed by atoms with van der Waals surface area (Å²) in [5.74, 6) is -0.285. The van der Waals surface area contributed by atoms with Gasteiger partial charge in [0.2, 0.25) is 0 Å². The number of aromatic nitrogens is 3. The quantitative estimate of drug-likeness (QED) is 0.322.